The number of rotatable bonds is 5. The van der Waals surface area contributed by atoms with E-state index in [4.69, 9.17) is 9.68 Å². The van der Waals surface area contributed by atoms with Crippen molar-refractivity contribution in [2.75, 3.05) is 17.3 Å². The van der Waals surface area contributed by atoms with Crippen molar-refractivity contribution in [2.24, 2.45) is 0 Å². The molecule has 1 aromatic carbocycles. The molecule has 2 rings (SSSR count). The van der Waals surface area contributed by atoms with Crippen molar-refractivity contribution in [2.45, 2.75) is 26.4 Å². The molecule has 0 spiro atoms. The number of benzene rings is 1. The van der Waals surface area contributed by atoms with Crippen molar-refractivity contribution in [3.05, 3.63) is 47.7 Å². The number of anilines is 2. The molecule has 0 atom stereocenters. The van der Waals surface area contributed by atoms with Gasteiger partial charge in [-0.25, -0.2) is 4.39 Å². The predicted octanol–water partition coefficient (Wildman–Crippen LogP) is 3.75. The SMILES string of the molecule is CC(C)N(C)c1ccc(NCc2ccc(C#N)o2)cc1F. The molecule has 0 fully saturated rings. The number of nitrogens with zero attached hydrogens (tertiary/aromatic N) is 2. The zero-order valence-electron chi connectivity index (χ0n) is 12.4. The number of halogens is 1. The lowest BCUT2D eigenvalue weighted by Crippen LogP contribution is -2.26. The maximum absolute atomic E-state index is 14.1. The summed E-state index contributed by atoms with van der Waals surface area (Å²) in [7, 11) is 1.86. The molecule has 0 saturated heterocycles. The van der Waals surface area contributed by atoms with E-state index in [0.29, 0.717) is 23.7 Å². The molecule has 1 heterocycles. The van der Waals surface area contributed by atoms with E-state index in [1.54, 1.807) is 18.2 Å². The van der Waals surface area contributed by atoms with Crippen molar-refractivity contribution in [3.8, 4) is 6.07 Å². The Morgan fingerprint density at radius 1 is 1.33 bits per heavy atom. The molecule has 0 aliphatic heterocycles. The minimum Gasteiger partial charge on any atom is -0.449 e. The van der Waals surface area contributed by atoms with Crippen molar-refractivity contribution in [1.82, 2.24) is 0 Å². The van der Waals surface area contributed by atoms with Gasteiger partial charge in [0.2, 0.25) is 5.76 Å². The molecular weight excluding hydrogens is 269 g/mol. The van der Waals surface area contributed by atoms with Gasteiger partial charge in [0, 0.05) is 18.8 Å². The Hall–Kier alpha value is -2.48. The van der Waals surface area contributed by atoms with Crippen LogP contribution in [0.4, 0.5) is 15.8 Å². The van der Waals surface area contributed by atoms with E-state index in [1.165, 1.54) is 6.07 Å². The molecule has 1 N–H and O–H groups in total. The average Bonchev–Trinajstić information content (AvgIpc) is 2.92. The fourth-order valence-corrected chi connectivity index (χ4v) is 1.90. The Morgan fingerprint density at radius 3 is 2.67 bits per heavy atom. The second kappa shape index (κ2) is 6.31. The van der Waals surface area contributed by atoms with Crippen LogP contribution >= 0.6 is 0 Å². The second-order valence-corrected chi connectivity index (χ2v) is 5.10. The first-order valence-electron chi connectivity index (χ1n) is 6.76. The molecule has 0 unspecified atom stereocenters. The number of hydrogen-bond donors (Lipinski definition) is 1. The van der Waals surface area contributed by atoms with Crippen LogP contribution in [0.5, 0.6) is 0 Å². The smallest absolute Gasteiger partial charge is 0.203 e. The van der Waals surface area contributed by atoms with E-state index in [2.05, 4.69) is 5.32 Å². The van der Waals surface area contributed by atoms with E-state index in [0.717, 1.165) is 0 Å². The normalized spacial score (nSPS) is 10.5. The molecular formula is C16H18FN3O. The zero-order valence-corrected chi connectivity index (χ0v) is 12.4. The molecule has 21 heavy (non-hydrogen) atoms. The van der Waals surface area contributed by atoms with Crippen LogP contribution in [0.3, 0.4) is 0 Å². The van der Waals surface area contributed by atoms with Crippen molar-refractivity contribution < 1.29 is 8.81 Å². The summed E-state index contributed by atoms with van der Waals surface area (Å²) in [5, 5.41) is 11.8. The third-order valence-corrected chi connectivity index (χ3v) is 3.34. The highest BCUT2D eigenvalue weighted by molar-refractivity contribution is 5.56. The van der Waals surface area contributed by atoms with E-state index in [9.17, 15) is 4.39 Å². The maximum Gasteiger partial charge on any atom is 0.203 e. The molecule has 0 amide bonds. The summed E-state index contributed by atoms with van der Waals surface area (Å²) in [5.74, 6) is 0.635. The summed E-state index contributed by atoms with van der Waals surface area (Å²) in [6, 6.07) is 10.5. The van der Waals surface area contributed by atoms with Crippen molar-refractivity contribution in [3.63, 3.8) is 0 Å². The molecule has 0 bridgehead atoms. The highest BCUT2D eigenvalue weighted by Crippen LogP contribution is 2.23. The number of nitriles is 1. The molecule has 0 aliphatic rings. The standard InChI is InChI=1S/C16H18FN3O/c1-11(2)20(3)16-7-4-12(8-15(16)17)19-10-14-6-5-13(9-18)21-14/h4-8,11,19H,10H2,1-3H3. The Labute approximate surface area is 123 Å². The quantitative estimate of drug-likeness (QED) is 0.910. The molecule has 110 valence electrons. The van der Waals surface area contributed by atoms with Gasteiger partial charge in [-0.3, -0.25) is 0 Å². The third-order valence-electron chi connectivity index (χ3n) is 3.34. The van der Waals surface area contributed by atoms with Gasteiger partial charge in [0.1, 0.15) is 17.6 Å². The highest BCUT2D eigenvalue weighted by atomic mass is 19.1. The van der Waals surface area contributed by atoms with E-state index >= 15 is 0 Å². The van der Waals surface area contributed by atoms with E-state index < -0.39 is 0 Å². The predicted molar refractivity (Wildman–Crippen MR) is 80.7 cm³/mol. The van der Waals surface area contributed by atoms with Crippen LogP contribution in [0.1, 0.15) is 25.4 Å². The molecule has 0 radical (unpaired) electrons. The van der Waals surface area contributed by atoms with Gasteiger partial charge in [0.05, 0.1) is 12.2 Å². The number of furan rings is 1. The lowest BCUT2D eigenvalue weighted by Gasteiger charge is -2.24. The maximum atomic E-state index is 14.1. The Balaban J connectivity index is 2.05. The first kappa shape index (κ1) is 14.9. The van der Waals surface area contributed by atoms with E-state index in [-0.39, 0.29) is 17.6 Å². The Bertz CT molecular complexity index is 658. The van der Waals surface area contributed by atoms with Crippen LogP contribution in [0.15, 0.2) is 34.7 Å². The first-order chi connectivity index (χ1) is 10.0. The van der Waals surface area contributed by atoms with Crippen LogP contribution in [0, 0.1) is 17.1 Å². The van der Waals surface area contributed by atoms with Gasteiger partial charge in [0.15, 0.2) is 0 Å². The first-order valence-corrected chi connectivity index (χ1v) is 6.76. The average molecular weight is 287 g/mol. The monoisotopic (exact) mass is 287 g/mol. The summed E-state index contributed by atoms with van der Waals surface area (Å²) in [4.78, 5) is 1.88. The molecule has 1 aromatic heterocycles. The number of hydrogen-bond acceptors (Lipinski definition) is 4. The molecule has 0 aliphatic carbocycles. The lowest BCUT2D eigenvalue weighted by molar-refractivity contribution is 0.506. The summed E-state index contributed by atoms with van der Waals surface area (Å²) >= 11 is 0. The lowest BCUT2D eigenvalue weighted by atomic mass is 10.2. The molecule has 2 aromatic rings. The third kappa shape index (κ3) is 3.54. The molecule has 4 nitrogen and oxygen atoms in total. The van der Waals surface area contributed by atoms with Gasteiger partial charge in [-0.1, -0.05) is 0 Å². The fourth-order valence-electron chi connectivity index (χ4n) is 1.90. The fraction of sp³-hybridized carbons (Fsp3) is 0.312. The summed E-state index contributed by atoms with van der Waals surface area (Å²) < 4.78 is 19.3. The van der Waals surface area contributed by atoms with Crippen molar-refractivity contribution >= 4 is 11.4 Å². The van der Waals surface area contributed by atoms with Gasteiger partial charge >= 0.3 is 0 Å². The number of nitrogens with one attached hydrogen (secondary N) is 1. The van der Waals surface area contributed by atoms with Crippen LogP contribution in [0.2, 0.25) is 0 Å². The molecule has 0 saturated carbocycles. The van der Waals surface area contributed by atoms with Gasteiger partial charge in [-0.05, 0) is 44.2 Å². The summed E-state index contributed by atoms with van der Waals surface area (Å²) in [6.07, 6.45) is 0. The summed E-state index contributed by atoms with van der Waals surface area (Å²) in [5.41, 5.74) is 1.24. The van der Waals surface area contributed by atoms with Crippen LogP contribution in [0.25, 0.3) is 0 Å². The van der Waals surface area contributed by atoms with Crippen LogP contribution in [-0.2, 0) is 6.54 Å². The van der Waals surface area contributed by atoms with E-state index in [1.807, 2.05) is 37.9 Å². The minimum absolute atomic E-state index is 0.228. The molecule has 5 heteroatoms. The largest absolute Gasteiger partial charge is 0.449 e. The van der Waals surface area contributed by atoms with Crippen LogP contribution < -0.4 is 10.2 Å². The van der Waals surface area contributed by atoms with Gasteiger partial charge in [-0.2, -0.15) is 5.26 Å². The van der Waals surface area contributed by atoms with Gasteiger partial charge in [0.25, 0.3) is 0 Å². The Kier molecular flexibility index (Phi) is 4.49. The van der Waals surface area contributed by atoms with Gasteiger partial charge in [-0.15, -0.1) is 0 Å². The summed E-state index contributed by atoms with van der Waals surface area (Å²) in [6.45, 7) is 4.42. The minimum atomic E-state index is -0.270. The zero-order chi connectivity index (χ0) is 15.4. The van der Waals surface area contributed by atoms with Gasteiger partial charge < -0.3 is 14.6 Å². The second-order valence-electron chi connectivity index (χ2n) is 5.10. The van der Waals surface area contributed by atoms with Crippen molar-refractivity contribution in [1.29, 1.82) is 5.26 Å². The Morgan fingerprint density at radius 2 is 2.10 bits per heavy atom. The topological polar surface area (TPSA) is 52.2 Å². The van der Waals surface area contributed by atoms with Crippen LogP contribution in [-0.4, -0.2) is 13.1 Å². The highest BCUT2D eigenvalue weighted by Gasteiger charge is 2.11.